The van der Waals surface area contributed by atoms with E-state index in [1.807, 2.05) is 6.07 Å². The lowest BCUT2D eigenvalue weighted by Gasteiger charge is -2.33. The van der Waals surface area contributed by atoms with Crippen LogP contribution in [0.25, 0.3) is 0 Å². The van der Waals surface area contributed by atoms with Gasteiger partial charge >= 0.3 is 6.18 Å². The van der Waals surface area contributed by atoms with Gasteiger partial charge in [0, 0.05) is 13.1 Å². The van der Waals surface area contributed by atoms with Gasteiger partial charge in [0.05, 0.1) is 10.8 Å². The van der Waals surface area contributed by atoms with Crippen LogP contribution in [0, 0.1) is 12.8 Å². The summed E-state index contributed by atoms with van der Waals surface area (Å²) in [7, 11) is 0. The van der Waals surface area contributed by atoms with Gasteiger partial charge in [-0.15, -0.1) is 11.3 Å². The number of nitrogens with zero attached hydrogens (tertiary/aromatic N) is 1. The van der Waals surface area contributed by atoms with Crippen LogP contribution in [0.3, 0.4) is 0 Å². The monoisotopic (exact) mass is 277 g/mol. The van der Waals surface area contributed by atoms with Gasteiger partial charge in [-0.1, -0.05) is 0 Å². The minimum absolute atomic E-state index is 0.122. The summed E-state index contributed by atoms with van der Waals surface area (Å²) in [5.41, 5.74) is 0.833. The molecule has 0 N–H and O–H groups in total. The molecule has 1 saturated heterocycles. The molecule has 1 unspecified atom stereocenters. The van der Waals surface area contributed by atoms with Gasteiger partial charge in [0.1, 0.15) is 0 Å². The minimum Gasteiger partial charge on any atom is -0.337 e. The predicted molar refractivity (Wildman–Crippen MR) is 63.7 cm³/mol. The molecule has 1 aliphatic rings. The lowest BCUT2D eigenvalue weighted by atomic mass is 9.97. The second-order valence-electron chi connectivity index (χ2n) is 4.56. The average Bonchev–Trinajstić information content (AvgIpc) is 2.73. The summed E-state index contributed by atoms with van der Waals surface area (Å²) in [6.45, 7) is 2.01. The summed E-state index contributed by atoms with van der Waals surface area (Å²) >= 11 is 1.29. The molecule has 0 aromatic carbocycles. The van der Waals surface area contributed by atoms with Crippen molar-refractivity contribution in [2.45, 2.75) is 25.9 Å². The third-order valence-corrected chi connectivity index (χ3v) is 4.23. The Kier molecular flexibility index (Phi) is 3.66. The lowest BCUT2D eigenvalue weighted by Crippen LogP contribution is -2.44. The summed E-state index contributed by atoms with van der Waals surface area (Å²) < 4.78 is 38.0. The molecule has 0 aliphatic carbocycles. The highest BCUT2D eigenvalue weighted by molar-refractivity contribution is 7.12. The van der Waals surface area contributed by atoms with Crippen LogP contribution in [-0.4, -0.2) is 30.1 Å². The molecule has 18 heavy (non-hydrogen) atoms. The molecular formula is C12H14F3NOS. The van der Waals surface area contributed by atoms with Crippen molar-refractivity contribution in [1.29, 1.82) is 0 Å². The number of amides is 1. The molecule has 2 rings (SSSR count). The van der Waals surface area contributed by atoms with E-state index < -0.39 is 12.1 Å². The number of aryl methyl sites for hydroxylation is 1. The van der Waals surface area contributed by atoms with E-state index in [-0.39, 0.29) is 18.9 Å². The predicted octanol–water partition coefficient (Wildman–Crippen LogP) is 3.47. The highest BCUT2D eigenvalue weighted by Crippen LogP contribution is 2.34. The van der Waals surface area contributed by atoms with Crippen molar-refractivity contribution in [3.8, 4) is 0 Å². The fourth-order valence-electron chi connectivity index (χ4n) is 2.16. The van der Waals surface area contributed by atoms with E-state index in [9.17, 15) is 18.0 Å². The van der Waals surface area contributed by atoms with Crippen LogP contribution in [0.2, 0.25) is 0 Å². The standard InChI is InChI=1S/C12H14F3NOS/c1-8-4-6-18-10(8)11(17)16-5-2-3-9(7-16)12(13,14)15/h4,6,9H,2-3,5,7H2,1H3. The summed E-state index contributed by atoms with van der Waals surface area (Å²) in [5, 5.41) is 1.79. The van der Waals surface area contributed by atoms with Gasteiger partial charge in [-0.2, -0.15) is 13.2 Å². The highest BCUT2D eigenvalue weighted by atomic mass is 32.1. The number of thiophene rings is 1. The van der Waals surface area contributed by atoms with Gasteiger partial charge in [-0.3, -0.25) is 4.79 Å². The number of hydrogen-bond acceptors (Lipinski definition) is 2. The molecule has 100 valence electrons. The Balaban J connectivity index is 2.10. The van der Waals surface area contributed by atoms with Crippen molar-refractivity contribution in [3.05, 3.63) is 21.9 Å². The third kappa shape index (κ3) is 2.68. The van der Waals surface area contributed by atoms with Gasteiger partial charge in [-0.25, -0.2) is 0 Å². The molecular weight excluding hydrogens is 263 g/mol. The summed E-state index contributed by atoms with van der Waals surface area (Å²) in [4.78, 5) is 14.0. The van der Waals surface area contributed by atoms with E-state index in [4.69, 9.17) is 0 Å². The van der Waals surface area contributed by atoms with Crippen LogP contribution in [0.15, 0.2) is 11.4 Å². The van der Waals surface area contributed by atoms with Crippen LogP contribution in [0.4, 0.5) is 13.2 Å². The van der Waals surface area contributed by atoms with Gasteiger partial charge in [0.2, 0.25) is 0 Å². The van der Waals surface area contributed by atoms with Gasteiger partial charge in [-0.05, 0) is 36.8 Å². The number of carbonyl (C=O) groups is 1. The maximum atomic E-state index is 12.7. The first-order valence-corrected chi connectivity index (χ1v) is 6.67. The lowest BCUT2D eigenvalue weighted by molar-refractivity contribution is -0.184. The third-order valence-electron chi connectivity index (χ3n) is 3.23. The Hall–Kier alpha value is -1.04. The smallest absolute Gasteiger partial charge is 0.337 e. The van der Waals surface area contributed by atoms with Crippen molar-refractivity contribution >= 4 is 17.2 Å². The van der Waals surface area contributed by atoms with Crippen molar-refractivity contribution < 1.29 is 18.0 Å². The van der Waals surface area contributed by atoms with E-state index in [1.54, 1.807) is 12.3 Å². The van der Waals surface area contributed by atoms with E-state index in [2.05, 4.69) is 0 Å². The van der Waals surface area contributed by atoms with Gasteiger partial charge < -0.3 is 4.90 Å². The first-order chi connectivity index (χ1) is 8.39. The van der Waals surface area contributed by atoms with Crippen molar-refractivity contribution in [2.75, 3.05) is 13.1 Å². The quantitative estimate of drug-likeness (QED) is 0.769. The molecule has 0 spiro atoms. The molecule has 1 aromatic rings. The van der Waals surface area contributed by atoms with E-state index in [0.717, 1.165) is 5.56 Å². The Morgan fingerprint density at radius 2 is 2.22 bits per heavy atom. The Labute approximate surface area is 107 Å². The number of hydrogen-bond donors (Lipinski definition) is 0. The molecule has 2 heterocycles. The molecule has 1 aromatic heterocycles. The van der Waals surface area contributed by atoms with Crippen LogP contribution in [0.1, 0.15) is 28.1 Å². The van der Waals surface area contributed by atoms with Crippen molar-refractivity contribution in [3.63, 3.8) is 0 Å². The Morgan fingerprint density at radius 3 is 2.78 bits per heavy atom. The van der Waals surface area contributed by atoms with Crippen LogP contribution in [-0.2, 0) is 0 Å². The molecule has 0 saturated carbocycles. The second-order valence-corrected chi connectivity index (χ2v) is 5.48. The largest absolute Gasteiger partial charge is 0.393 e. The molecule has 2 nitrogen and oxygen atoms in total. The number of carbonyl (C=O) groups excluding carboxylic acids is 1. The van der Waals surface area contributed by atoms with E-state index in [0.29, 0.717) is 17.8 Å². The molecule has 0 radical (unpaired) electrons. The Morgan fingerprint density at radius 1 is 1.50 bits per heavy atom. The first-order valence-electron chi connectivity index (χ1n) is 5.79. The number of halogens is 3. The maximum absolute atomic E-state index is 12.7. The van der Waals surface area contributed by atoms with Crippen molar-refractivity contribution in [1.82, 2.24) is 4.90 Å². The number of alkyl halides is 3. The topological polar surface area (TPSA) is 20.3 Å². The summed E-state index contributed by atoms with van der Waals surface area (Å²) in [6.07, 6.45) is -3.67. The molecule has 1 fully saturated rings. The van der Waals surface area contributed by atoms with E-state index >= 15 is 0 Å². The zero-order valence-electron chi connectivity index (χ0n) is 9.96. The van der Waals surface area contributed by atoms with Gasteiger partial charge in [0.25, 0.3) is 5.91 Å². The SMILES string of the molecule is Cc1ccsc1C(=O)N1CCCC(C(F)(F)F)C1. The van der Waals surface area contributed by atoms with Crippen LogP contribution >= 0.6 is 11.3 Å². The molecule has 1 atom stereocenters. The van der Waals surface area contributed by atoms with Crippen LogP contribution in [0.5, 0.6) is 0 Å². The molecule has 1 aliphatic heterocycles. The fourth-order valence-corrected chi connectivity index (χ4v) is 3.06. The number of piperidine rings is 1. The summed E-state index contributed by atoms with van der Waals surface area (Å²) in [5.74, 6) is -1.65. The maximum Gasteiger partial charge on any atom is 0.393 e. The zero-order valence-corrected chi connectivity index (χ0v) is 10.8. The first kappa shape index (κ1) is 13.4. The minimum atomic E-state index is -4.20. The van der Waals surface area contributed by atoms with Crippen LogP contribution < -0.4 is 0 Å². The highest BCUT2D eigenvalue weighted by Gasteiger charge is 2.42. The van der Waals surface area contributed by atoms with Gasteiger partial charge in [0.15, 0.2) is 0 Å². The van der Waals surface area contributed by atoms with E-state index in [1.165, 1.54) is 16.2 Å². The number of likely N-dealkylation sites (tertiary alicyclic amines) is 1. The number of rotatable bonds is 1. The summed E-state index contributed by atoms with van der Waals surface area (Å²) in [6, 6.07) is 1.81. The molecule has 6 heteroatoms. The molecule has 1 amide bonds. The molecule has 0 bridgehead atoms. The average molecular weight is 277 g/mol. The zero-order chi connectivity index (χ0) is 13.3. The Bertz CT molecular complexity index is 441. The second kappa shape index (κ2) is 4.91. The fraction of sp³-hybridized carbons (Fsp3) is 0.583. The van der Waals surface area contributed by atoms with Crippen molar-refractivity contribution in [2.24, 2.45) is 5.92 Å². The normalized spacial score (nSPS) is 21.1.